The standard InChI is InChI=1S/C18H18ClNO2S/c19-13-5-7-14(8-6-13)23-12-10-18(21)20-16-9-11-22-17-4-2-1-3-15(16)17/h1-8,16H,9-12H2,(H,20,21)/t16-/m0/s1. The molecular weight excluding hydrogens is 330 g/mol. The van der Waals surface area contributed by atoms with Crippen molar-refractivity contribution < 1.29 is 9.53 Å². The van der Waals surface area contributed by atoms with Crippen LogP contribution < -0.4 is 10.1 Å². The molecule has 2 aromatic carbocycles. The van der Waals surface area contributed by atoms with Crippen LogP contribution >= 0.6 is 23.4 Å². The van der Waals surface area contributed by atoms with Gasteiger partial charge in [0, 0.05) is 34.1 Å². The van der Waals surface area contributed by atoms with E-state index in [1.165, 1.54) is 0 Å². The van der Waals surface area contributed by atoms with Gasteiger partial charge in [0.1, 0.15) is 5.75 Å². The summed E-state index contributed by atoms with van der Waals surface area (Å²) in [5.41, 5.74) is 1.07. The molecule has 1 heterocycles. The van der Waals surface area contributed by atoms with Gasteiger partial charge in [-0.05, 0) is 30.3 Å². The minimum absolute atomic E-state index is 0.0491. The Hall–Kier alpha value is -1.65. The highest BCUT2D eigenvalue weighted by Gasteiger charge is 2.22. The molecule has 3 nitrogen and oxygen atoms in total. The number of amides is 1. The Kier molecular flexibility index (Phi) is 5.47. The van der Waals surface area contributed by atoms with Crippen LogP contribution in [0.2, 0.25) is 5.02 Å². The Bertz CT molecular complexity index is 675. The Morgan fingerprint density at radius 1 is 1.22 bits per heavy atom. The Morgan fingerprint density at radius 2 is 2.00 bits per heavy atom. The molecule has 0 fully saturated rings. The highest BCUT2D eigenvalue weighted by Crippen LogP contribution is 2.31. The normalized spacial score (nSPS) is 16.3. The van der Waals surface area contributed by atoms with Crippen LogP contribution in [0.15, 0.2) is 53.4 Å². The molecule has 1 atom stereocenters. The van der Waals surface area contributed by atoms with Crippen LogP contribution in [0.4, 0.5) is 0 Å². The van der Waals surface area contributed by atoms with E-state index >= 15 is 0 Å². The van der Waals surface area contributed by atoms with Crippen molar-refractivity contribution in [3.05, 3.63) is 59.1 Å². The van der Waals surface area contributed by atoms with Crippen LogP contribution in [-0.4, -0.2) is 18.3 Å². The lowest BCUT2D eigenvalue weighted by atomic mass is 10.0. The maximum absolute atomic E-state index is 12.2. The molecule has 3 rings (SSSR count). The van der Waals surface area contributed by atoms with E-state index < -0.39 is 0 Å². The van der Waals surface area contributed by atoms with Gasteiger partial charge in [-0.1, -0.05) is 29.8 Å². The van der Waals surface area contributed by atoms with Gasteiger partial charge in [0.2, 0.25) is 5.91 Å². The SMILES string of the molecule is O=C(CCSc1ccc(Cl)cc1)N[C@H]1CCOc2ccccc21. The van der Waals surface area contributed by atoms with Crippen LogP contribution in [0, 0.1) is 0 Å². The fraction of sp³-hybridized carbons (Fsp3) is 0.278. The maximum atomic E-state index is 12.2. The zero-order valence-electron chi connectivity index (χ0n) is 12.6. The van der Waals surface area contributed by atoms with Crippen LogP contribution in [0.3, 0.4) is 0 Å². The third-order valence-electron chi connectivity index (χ3n) is 3.71. The van der Waals surface area contributed by atoms with Crippen molar-refractivity contribution in [3.63, 3.8) is 0 Å². The molecule has 1 aliphatic heterocycles. The van der Waals surface area contributed by atoms with Gasteiger partial charge >= 0.3 is 0 Å². The summed E-state index contributed by atoms with van der Waals surface area (Å²) < 4.78 is 5.62. The molecule has 23 heavy (non-hydrogen) atoms. The van der Waals surface area contributed by atoms with E-state index in [-0.39, 0.29) is 11.9 Å². The maximum Gasteiger partial charge on any atom is 0.221 e. The number of ether oxygens (including phenoxy) is 1. The first-order valence-electron chi connectivity index (χ1n) is 7.62. The molecule has 0 saturated carbocycles. The summed E-state index contributed by atoms with van der Waals surface area (Å²) in [5, 5.41) is 3.84. The number of rotatable bonds is 5. The van der Waals surface area contributed by atoms with Crippen molar-refractivity contribution in [3.8, 4) is 5.75 Å². The summed E-state index contributed by atoms with van der Waals surface area (Å²) in [4.78, 5) is 13.3. The second kappa shape index (κ2) is 7.75. The van der Waals surface area contributed by atoms with E-state index in [1.807, 2.05) is 48.5 Å². The van der Waals surface area contributed by atoms with Gasteiger partial charge in [-0.2, -0.15) is 0 Å². The quantitative estimate of drug-likeness (QED) is 0.811. The van der Waals surface area contributed by atoms with Crippen molar-refractivity contribution in [2.45, 2.75) is 23.8 Å². The fourth-order valence-corrected chi connectivity index (χ4v) is 3.53. The number of para-hydroxylation sites is 1. The second-order valence-corrected chi connectivity index (χ2v) is 6.95. The number of carbonyl (C=O) groups is 1. The largest absolute Gasteiger partial charge is 0.493 e. The fourth-order valence-electron chi connectivity index (χ4n) is 2.55. The van der Waals surface area contributed by atoms with Gasteiger partial charge in [-0.3, -0.25) is 4.79 Å². The van der Waals surface area contributed by atoms with Gasteiger partial charge in [0.15, 0.2) is 0 Å². The van der Waals surface area contributed by atoms with E-state index in [1.54, 1.807) is 11.8 Å². The first-order valence-corrected chi connectivity index (χ1v) is 8.98. The van der Waals surface area contributed by atoms with Gasteiger partial charge < -0.3 is 10.1 Å². The molecule has 0 spiro atoms. The third kappa shape index (κ3) is 4.43. The van der Waals surface area contributed by atoms with Crippen molar-refractivity contribution in [2.24, 2.45) is 0 Å². The number of benzene rings is 2. The molecule has 0 radical (unpaired) electrons. The average molecular weight is 348 g/mol. The lowest BCUT2D eigenvalue weighted by Gasteiger charge is -2.26. The summed E-state index contributed by atoms with van der Waals surface area (Å²) in [5.74, 6) is 1.70. The first-order chi connectivity index (χ1) is 11.2. The summed E-state index contributed by atoms with van der Waals surface area (Å²) in [6.45, 7) is 0.640. The van der Waals surface area contributed by atoms with E-state index in [2.05, 4.69) is 5.32 Å². The van der Waals surface area contributed by atoms with Gasteiger partial charge in [0.25, 0.3) is 0 Å². The van der Waals surface area contributed by atoms with Crippen molar-refractivity contribution in [2.75, 3.05) is 12.4 Å². The highest BCUT2D eigenvalue weighted by molar-refractivity contribution is 7.99. The summed E-state index contributed by atoms with van der Waals surface area (Å²) in [6.07, 6.45) is 1.31. The number of carbonyl (C=O) groups excluding carboxylic acids is 1. The lowest BCUT2D eigenvalue weighted by molar-refractivity contribution is -0.121. The predicted molar refractivity (Wildman–Crippen MR) is 94.2 cm³/mol. The molecule has 1 amide bonds. The monoisotopic (exact) mass is 347 g/mol. The molecule has 0 aromatic heterocycles. The zero-order valence-corrected chi connectivity index (χ0v) is 14.2. The van der Waals surface area contributed by atoms with E-state index in [0.717, 1.165) is 33.4 Å². The van der Waals surface area contributed by atoms with Gasteiger partial charge in [-0.25, -0.2) is 0 Å². The predicted octanol–water partition coefficient (Wildman–Crippen LogP) is 4.46. The molecule has 0 saturated heterocycles. The van der Waals surface area contributed by atoms with Crippen molar-refractivity contribution in [1.29, 1.82) is 0 Å². The lowest BCUT2D eigenvalue weighted by Crippen LogP contribution is -2.32. The Morgan fingerprint density at radius 3 is 2.83 bits per heavy atom. The van der Waals surface area contributed by atoms with Crippen LogP contribution in [0.1, 0.15) is 24.4 Å². The molecule has 2 aromatic rings. The number of halogens is 1. The average Bonchev–Trinajstić information content (AvgIpc) is 2.57. The second-order valence-electron chi connectivity index (χ2n) is 5.35. The van der Waals surface area contributed by atoms with E-state index in [4.69, 9.17) is 16.3 Å². The Labute approximate surface area is 145 Å². The molecular formula is C18H18ClNO2S. The van der Waals surface area contributed by atoms with Crippen LogP contribution in [0.25, 0.3) is 0 Å². The molecule has 1 N–H and O–H groups in total. The third-order valence-corrected chi connectivity index (χ3v) is 4.97. The summed E-state index contributed by atoms with van der Waals surface area (Å²) in [7, 11) is 0. The highest BCUT2D eigenvalue weighted by atomic mass is 35.5. The molecule has 0 aliphatic carbocycles. The zero-order chi connectivity index (χ0) is 16.1. The van der Waals surface area contributed by atoms with Crippen molar-refractivity contribution in [1.82, 2.24) is 5.32 Å². The van der Waals surface area contributed by atoms with Crippen LogP contribution in [0.5, 0.6) is 5.75 Å². The smallest absolute Gasteiger partial charge is 0.221 e. The van der Waals surface area contributed by atoms with Gasteiger partial charge in [0.05, 0.1) is 12.6 Å². The number of hydrogen-bond donors (Lipinski definition) is 1. The number of fused-ring (bicyclic) bond motifs is 1. The van der Waals surface area contributed by atoms with Gasteiger partial charge in [-0.15, -0.1) is 11.8 Å². The molecule has 0 unspecified atom stereocenters. The summed E-state index contributed by atoms with van der Waals surface area (Å²) >= 11 is 7.52. The first kappa shape index (κ1) is 16.2. The minimum Gasteiger partial charge on any atom is -0.493 e. The van der Waals surface area contributed by atoms with E-state index in [0.29, 0.717) is 13.0 Å². The van der Waals surface area contributed by atoms with Crippen molar-refractivity contribution >= 4 is 29.3 Å². The molecule has 5 heteroatoms. The number of nitrogens with one attached hydrogen (secondary N) is 1. The number of hydrogen-bond acceptors (Lipinski definition) is 3. The topological polar surface area (TPSA) is 38.3 Å². The molecule has 120 valence electrons. The molecule has 0 bridgehead atoms. The molecule has 1 aliphatic rings. The minimum atomic E-state index is 0.0491. The van der Waals surface area contributed by atoms with Crippen LogP contribution in [-0.2, 0) is 4.79 Å². The number of thioether (sulfide) groups is 1. The summed E-state index contributed by atoms with van der Waals surface area (Å²) in [6, 6.07) is 15.6. The van der Waals surface area contributed by atoms with E-state index in [9.17, 15) is 4.79 Å². The Balaban J connectivity index is 1.49.